The summed E-state index contributed by atoms with van der Waals surface area (Å²) in [5, 5.41) is 1.98. The average molecular weight is 421 g/mol. The maximum atomic E-state index is 12.4. The van der Waals surface area contributed by atoms with Crippen LogP contribution in [0.2, 0.25) is 0 Å². The van der Waals surface area contributed by atoms with Gasteiger partial charge in [-0.3, -0.25) is 4.79 Å². The third kappa shape index (κ3) is 5.77. The van der Waals surface area contributed by atoms with Crippen LogP contribution in [0.15, 0.2) is 64.3 Å². The van der Waals surface area contributed by atoms with Gasteiger partial charge in [0.15, 0.2) is 4.34 Å². The zero-order valence-electron chi connectivity index (χ0n) is 15.0. The molecule has 0 aliphatic carbocycles. The van der Waals surface area contributed by atoms with Crippen LogP contribution < -0.4 is 4.74 Å². The summed E-state index contributed by atoms with van der Waals surface area (Å²) in [4.78, 5) is 18.5. The Morgan fingerprint density at radius 3 is 2.57 bits per heavy atom. The lowest BCUT2D eigenvalue weighted by Gasteiger charge is -2.17. The zero-order chi connectivity index (χ0) is 19.9. The Morgan fingerprint density at radius 2 is 1.89 bits per heavy atom. The average Bonchev–Trinajstić information content (AvgIpc) is 3.17. The molecule has 1 amide bonds. The van der Waals surface area contributed by atoms with E-state index in [1.165, 1.54) is 35.2 Å². The fraction of sp³-hybridized carbons (Fsp3) is 0.200. The number of ether oxygens (including phenoxy) is 1. The second kappa shape index (κ2) is 9.66. The van der Waals surface area contributed by atoms with Crippen molar-refractivity contribution in [1.29, 1.82) is 0 Å². The van der Waals surface area contributed by atoms with E-state index in [-0.39, 0.29) is 17.4 Å². The zero-order valence-corrected chi connectivity index (χ0v) is 16.7. The number of carbonyl (C=O) groups is 1. The molecule has 28 heavy (non-hydrogen) atoms. The van der Waals surface area contributed by atoms with Gasteiger partial charge in [0.2, 0.25) is 5.91 Å². The van der Waals surface area contributed by atoms with Crippen molar-refractivity contribution in [1.82, 2.24) is 9.88 Å². The first-order valence-electron chi connectivity index (χ1n) is 8.43. The lowest BCUT2D eigenvalue weighted by Crippen LogP contribution is -2.27. The molecule has 0 aliphatic heterocycles. The standard InChI is InChI=1S/C20H18F2N2O2S2/c1-24(11-14-7-9-16(10-8-14)26-19(21)22)18(25)13-28-20-23-17(12-27-20)15-5-3-2-4-6-15/h2-10,12,19H,11,13H2,1H3. The van der Waals surface area contributed by atoms with Gasteiger partial charge < -0.3 is 9.64 Å². The molecular formula is C20H18F2N2O2S2. The lowest BCUT2D eigenvalue weighted by molar-refractivity contribution is -0.127. The molecule has 8 heteroatoms. The van der Waals surface area contributed by atoms with E-state index in [0.29, 0.717) is 6.54 Å². The first-order valence-corrected chi connectivity index (χ1v) is 10.3. The van der Waals surface area contributed by atoms with Gasteiger partial charge in [0, 0.05) is 24.5 Å². The smallest absolute Gasteiger partial charge is 0.387 e. The second-order valence-corrected chi connectivity index (χ2v) is 8.01. The summed E-state index contributed by atoms with van der Waals surface area (Å²) in [7, 11) is 1.71. The Hall–Kier alpha value is -2.45. The van der Waals surface area contributed by atoms with E-state index in [1.807, 2.05) is 35.7 Å². The Kier molecular flexibility index (Phi) is 7.00. The predicted octanol–water partition coefficient (Wildman–Crippen LogP) is 5.16. The number of amides is 1. The summed E-state index contributed by atoms with van der Waals surface area (Å²) in [6.07, 6.45) is 0. The van der Waals surface area contributed by atoms with Gasteiger partial charge in [-0.25, -0.2) is 4.98 Å². The molecule has 1 aromatic heterocycles. The molecule has 0 N–H and O–H groups in total. The summed E-state index contributed by atoms with van der Waals surface area (Å²) >= 11 is 2.92. The first kappa shape index (κ1) is 20.3. The Morgan fingerprint density at radius 1 is 1.18 bits per heavy atom. The number of thioether (sulfide) groups is 1. The molecule has 0 saturated heterocycles. The normalized spacial score (nSPS) is 10.9. The molecule has 0 spiro atoms. The van der Waals surface area contributed by atoms with Gasteiger partial charge in [-0.1, -0.05) is 54.2 Å². The molecular weight excluding hydrogens is 402 g/mol. The van der Waals surface area contributed by atoms with Gasteiger partial charge in [-0.15, -0.1) is 11.3 Å². The quantitative estimate of drug-likeness (QED) is 0.472. The van der Waals surface area contributed by atoms with Crippen molar-refractivity contribution in [2.45, 2.75) is 17.5 Å². The Labute approximate surface area is 170 Å². The minimum Gasteiger partial charge on any atom is -0.435 e. The van der Waals surface area contributed by atoms with E-state index in [1.54, 1.807) is 24.1 Å². The maximum Gasteiger partial charge on any atom is 0.387 e. The van der Waals surface area contributed by atoms with Crippen molar-refractivity contribution in [3.63, 3.8) is 0 Å². The molecule has 0 atom stereocenters. The maximum absolute atomic E-state index is 12.4. The number of rotatable bonds is 8. The fourth-order valence-electron chi connectivity index (χ4n) is 2.44. The molecule has 0 unspecified atom stereocenters. The van der Waals surface area contributed by atoms with Gasteiger partial charge in [0.25, 0.3) is 0 Å². The SMILES string of the molecule is CN(Cc1ccc(OC(F)F)cc1)C(=O)CSc1nc(-c2ccccc2)cs1. The van der Waals surface area contributed by atoms with Crippen molar-refractivity contribution in [3.8, 4) is 17.0 Å². The van der Waals surface area contributed by atoms with Crippen LogP contribution in [0.4, 0.5) is 8.78 Å². The minimum atomic E-state index is -2.85. The van der Waals surface area contributed by atoms with Crippen LogP contribution in [0, 0.1) is 0 Å². The van der Waals surface area contributed by atoms with E-state index < -0.39 is 6.61 Å². The highest BCUT2D eigenvalue weighted by atomic mass is 32.2. The number of hydrogen-bond acceptors (Lipinski definition) is 5. The number of benzene rings is 2. The molecule has 2 aromatic carbocycles. The second-order valence-electron chi connectivity index (χ2n) is 5.93. The number of carbonyl (C=O) groups excluding carboxylic acids is 1. The van der Waals surface area contributed by atoms with Crippen LogP contribution in [0.25, 0.3) is 11.3 Å². The van der Waals surface area contributed by atoms with Crippen molar-refractivity contribution < 1.29 is 18.3 Å². The third-order valence-electron chi connectivity index (χ3n) is 3.87. The van der Waals surface area contributed by atoms with Gasteiger partial charge >= 0.3 is 6.61 Å². The van der Waals surface area contributed by atoms with Gasteiger partial charge in [0.1, 0.15) is 5.75 Å². The number of aromatic nitrogens is 1. The molecule has 0 fully saturated rings. The predicted molar refractivity (Wildman–Crippen MR) is 108 cm³/mol. The van der Waals surface area contributed by atoms with E-state index in [4.69, 9.17) is 0 Å². The molecule has 4 nitrogen and oxygen atoms in total. The van der Waals surface area contributed by atoms with E-state index in [0.717, 1.165) is 21.2 Å². The summed E-state index contributed by atoms with van der Waals surface area (Å²) in [5.74, 6) is 0.348. The topological polar surface area (TPSA) is 42.4 Å². The van der Waals surface area contributed by atoms with Crippen molar-refractivity contribution in [2.75, 3.05) is 12.8 Å². The minimum absolute atomic E-state index is 0.0330. The number of halogens is 2. The monoisotopic (exact) mass is 420 g/mol. The summed E-state index contributed by atoms with van der Waals surface area (Å²) in [6, 6.07) is 16.2. The van der Waals surface area contributed by atoms with Crippen molar-refractivity contribution in [3.05, 3.63) is 65.5 Å². The van der Waals surface area contributed by atoms with Crippen molar-refractivity contribution in [2.24, 2.45) is 0 Å². The number of thiazole rings is 1. The highest BCUT2D eigenvalue weighted by molar-refractivity contribution is 8.01. The van der Waals surface area contributed by atoms with Gasteiger partial charge in [-0.05, 0) is 17.7 Å². The fourth-order valence-corrected chi connectivity index (χ4v) is 4.21. The largest absolute Gasteiger partial charge is 0.435 e. The molecule has 0 radical (unpaired) electrons. The summed E-state index contributed by atoms with van der Waals surface area (Å²) in [5.41, 5.74) is 2.79. The van der Waals surface area contributed by atoms with Crippen LogP contribution in [-0.2, 0) is 11.3 Å². The van der Waals surface area contributed by atoms with Gasteiger partial charge in [-0.2, -0.15) is 8.78 Å². The molecule has 3 aromatic rings. The Balaban J connectivity index is 1.50. The first-order chi connectivity index (χ1) is 13.5. The molecule has 3 rings (SSSR count). The van der Waals surface area contributed by atoms with E-state index >= 15 is 0 Å². The summed E-state index contributed by atoms with van der Waals surface area (Å²) < 4.78 is 29.5. The van der Waals surface area contributed by atoms with Gasteiger partial charge in [0.05, 0.1) is 11.4 Å². The van der Waals surface area contributed by atoms with Crippen molar-refractivity contribution >= 4 is 29.0 Å². The number of hydrogen-bond donors (Lipinski definition) is 0. The van der Waals surface area contributed by atoms with Crippen LogP contribution in [0.5, 0.6) is 5.75 Å². The Bertz CT molecular complexity index is 902. The number of nitrogens with zero attached hydrogens (tertiary/aromatic N) is 2. The highest BCUT2D eigenvalue weighted by Gasteiger charge is 2.12. The molecule has 0 aliphatic rings. The summed E-state index contributed by atoms with van der Waals surface area (Å²) in [6.45, 7) is -2.46. The molecule has 1 heterocycles. The highest BCUT2D eigenvalue weighted by Crippen LogP contribution is 2.28. The molecule has 0 saturated carbocycles. The molecule has 0 bridgehead atoms. The third-order valence-corrected chi connectivity index (χ3v) is 5.87. The van der Waals surface area contributed by atoms with Crippen LogP contribution in [-0.4, -0.2) is 35.2 Å². The molecule has 146 valence electrons. The van der Waals surface area contributed by atoms with Crippen LogP contribution in [0.3, 0.4) is 0 Å². The number of alkyl halides is 2. The van der Waals surface area contributed by atoms with E-state index in [9.17, 15) is 13.6 Å². The van der Waals surface area contributed by atoms with Crippen LogP contribution >= 0.6 is 23.1 Å². The lowest BCUT2D eigenvalue weighted by atomic mass is 10.2. The van der Waals surface area contributed by atoms with Crippen LogP contribution in [0.1, 0.15) is 5.56 Å². The van der Waals surface area contributed by atoms with E-state index in [2.05, 4.69) is 9.72 Å².